The second-order valence-electron chi connectivity index (χ2n) is 4.41. The molecule has 82 valence electrons. The molecule has 0 nitrogen and oxygen atoms in total. The van der Waals surface area contributed by atoms with E-state index in [2.05, 4.69) is 50.3 Å². The highest BCUT2D eigenvalue weighted by Crippen LogP contribution is 2.63. The number of halogens is 1. The van der Waals surface area contributed by atoms with Crippen molar-refractivity contribution in [1.82, 2.24) is 0 Å². The molecule has 1 fully saturated rings. The molecule has 2 unspecified atom stereocenters. The smallest absolute Gasteiger partial charge is 0.00491 e. The van der Waals surface area contributed by atoms with Crippen LogP contribution in [0.1, 0.15) is 59.8 Å². The number of hydrogen-bond acceptors (Lipinski definition) is 0. The summed E-state index contributed by atoms with van der Waals surface area (Å²) in [5.74, 6) is 0.985. The van der Waals surface area contributed by atoms with Crippen LogP contribution in [0.25, 0.3) is 0 Å². The molecule has 2 atom stereocenters. The predicted molar refractivity (Wildman–Crippen MR) is 72.8 cm³/mol. The monoisotopic (exact) mass is 306 g/mol. The summed E-state index contributed by atoms with van der Waals surface area (Å²) >= 11 is 2.56. The highest BCUT2D eigenvalue weighted by atomic mass is 127. The van der Waals surface area contributed by atoms with E-state index in [1.54, 1.807) is 9.15 Å². The molecular weight excluding hydrogens is 283 g/mol. The van der Waals surface area contributed by atoms with Crippen LogP contribution in [0.4, 0.5) is 0 Å². The maximum Gasteiger partial charge on any atom is -0.00491 e. The zero-order valence-electron chi connectivity index (χ0n) is 9.99. The summed E-state index contributed by atoms with van der Waals surface area (Å²) in [7, 11) is 0. The summed E-state index contributed by atoms with van der Waals surface area (Å²) in [6.07, 6.45) is 6.65. The minimum Gasteiger partial charge on any atom is -0.0651 e. The van der Waals surface area contributed by atoms with Crippen LogP contribution in [0.15, 0.2) is 9.15 Å². The maximum atomic E-state index is 2.56. The maximum absolute atomic E-state index is 2.56. The van der Waals surface area contributed by atoms with Crippen LogP contribution in [0.2, 0.25) is 0 Å². The van der Waals surface area contributed by atoms with E-state index < -0.39 is 0 Å². The van der Waals surface area contributed by atoms with E-state index >= 15 is 0 Å². The molecular formula is C13H23I. The quantitative estimate of drug-likeness (QED) is 0.603. The first kappa shape index (κ1) is 12.5. The standard InChI is InChI=1S/C13H23I/c1-5-10-9-13(10,8-4)11(6-2)12(14)7-3/h10H,5-9H2,1-4H3/b12-11-. The molecule has 0 aromatic carbocycles. The minimum absolute atomic E-state index is 0.621. The lowest BCUT2D eigenvalue weighted by atomic mass is 9.87. The van der Waals surface area contributed by atoms with Gasteiger partial charge >= 0.3 is 0 Å². The van der Waals surface area contributed by atoms with Crippen LogP contribution < -0.4 is 0 Å². The van der Waals surface area contributed by atoms with Gasteiger partial charge in [-0.2, -0.15) is 0 Å². The number of allylic oxidation sites excluding steroid dienone is 2. The molecule has 0 spiro atoms. The normalized spacial score (nSPS) is 32.8. The molecule has 1 aliphatic rings. The Bertz CT molecular complexity index is 229. The van der Waals surface area contributed by atoms with Gasteiger partial charge in [0.05, 0.1) is 0 Å². The minimum atomic E-state index is 0.621. The molecule has 0 N–H and O–H groups in total. The van der Waals surface area contributed by atoms with Gasteiger partial charge in [0.25, 0.3) is 0 Å². The third-order valence-electron chi connectivity index (χ3n) is 3.95. The van der Waals surface area contributed by atoms with Crippen molar-refractivity contribution in [3.8, 4) is 0 Å². The average Bonchev–Trinajstić information content (AvgIpc) is 2.93. The van der Waals surface area contributed by atoms with E-state index in [-0.39, 0.29) is 0 Å². The molecule has 0 aliphatic heterocycles. The molecule has 0 heterocycles. The third-order valence-corrected chi connectivity index (χ3v) is 5.36. The van der Waals surface area contributed by atoms with Gasteiger partial charge in [0.2, 0.25) is 0 Å². The Morgan fingerprint density at radius 2 is 1.86 bits per heavy atom. The van der Waals surface area contributed by atoms with Crippen molar-refractivity contribution in [2.45, 2.75) is 59.8 Å². The molecule has 1 aliphatic carbocycles. The van der Waals surface area contributed by atoms with Gasteiger partial charge in [0, 0.05) is 0 Å². The van der Waals surface area contributed by atoms with Crippen molar-refractivity contribution in [3.63, 3.8) is 0 Å². The molecule has 14 heavy (non-hydrogen) atoms. The Balaban J connectivity index is 2.89. The summed E-state index contributed by atoms with van der Waals surface area (Å²) < 4.78 is 1.63. The first-order chi connectivity index (χ1) is 6.66. The van der Waals surface area contributed by atoms with Crippen molar-refractivity contribution < 1.29 is 0 Å². The van der Waals surface area contributed by atoms with Crippen LogP contribution in [0, 0.1) is 11.3 Å². The van der Waals surface area contributed by atoms with Gasteiger partial charge in [-0.05, 0) is 63.2 Å². The average molecular weight is 306 g/mol. The molecule has 0 amide bonds. The van der Waals surface area contributed by atoms with Gasteiger partial charge in [0.15, 0.2) is 0 Å². The van der Waals surface area contributed by atoms with E-state index in [0.29, 0.717) is 5.41 Å². The molecule has 1 saturated carbocycles. The summed E-state index contributed by atoms with van der Waals surface area (Å²) in [5, 5.41) is 0. The zero-order chi connectivity index (χ0) is 10.8. The summed E-state index contributed by atoms with van der Waals surface area (Å²) in [6.45, 7) is 9.31. The number of rotatable bonds is 5. The fourth-order valence-electron chi connectivity index (χ4n) is 2.96. The molecule has 1 heteroatoms. The lowest BCUT2D eigenvalue weighted by molar-refractivity contribution is 0.491. The molecule has 0 aromatic rings. The van der Waals surface area contributed by atoms with E-state index in [1.165, 1.54) is 32.1 Å². The van der Waals surface area contributed by atoms with E-state index in [0.717, 1.165) is 5.92 Å². The second kappa shape index (κ2) is 5.00. The SMILES string of the molecule is CC/C(I)=C(\CC)C1(CC)CC1CC. The van der Waals surface area contributed by atoms with E-state index in [4.69, 9.17) is 0 Å². The fourth-order valence-corrected chi connectivity index (χ4v) is 3.88. The van der Waals surface area contributed by atoms with Crippen LogP contribution in [0.3, 0.4) is 0 Å². The summed E-state index contributed by atoms with van der Waals surface area (Å²) in [5.41, 5.74) is 2.39. The van der Waals surface area contributed by atoms with Gasteiger partial charge in [0.1, 0.15) is 0 Å². The first-order valence-corrected chi connectivity index (χ1v) is 7.12. The molecule has 0 bridgehead atoms. The van der Waals surface area contributed by atoms with Crippen molar-refractivity contribution in [2.24, 2.45) is 11.3 Å². The first-order valence-electron chi connectivity index (χ1n) is 6.04. The molecule has 0 radical (unpaired) electrons. The fraction of sp³-hybridized carbons (Fsp3) is 0.846. The Hall–Kier alpha value is 0.470. The highest BCUT2D eigenvalue weighted by Gasteiger charge is 2.53. The predicted octanol–water partition coefficient (Wildman–Crippen LogP) is 5.32. The molecule has 0 aromatic heterocycles. The van der Waals surface area contributed by atoms with Crippen LogP contribution in [-0.2, 0) is 0 Å². The van der Waals surface area contributed by atoms with Gasteiger partial charge in [-0.25, -0.2) is 0 Å². The van der Waals surface area contributed by atoms with Crippen molar-refractivity contribution in [3.05, 3.63) is 9.15 Å². The van der Waals surface area contributed by atoms with Crippen LogP contribution in [0.5, 0.6) is 0 Å². The van der Waals surface area contributed by atoms with Crippen LogP contribution in [-0.4, -0.2) is 0 Å². The van der Waals surface area contributed by atoms with Crippen LogP contribution >= 0.6 is 22.6 Å². The van der Waals surface area contributed by atoms with Crippen molar-refractivity contribution in [1.29, 1.82) is 0 Å². The zero-order valence-corrected chi connectivity index (χ0v) is 12.1. The highest BCUT2D eigenvalue weighted by molar-refractivity contribution is 14.1. The van der Waals surface area contributed by atoms with Crippen molar-refractivity contribution in [2.75, 3.05) is 0 Å². The Morgan fingerprint density at radius 1 is 1.21 bits per heavy atom. The largest absolute Gasteiger partial charge is 0.0651 e. The molecule has 0 saturated heterocycles. The van der Waals surface area contributed by atoms with Gasteiger partial charge in [-0.15, -0.1) is 0 Å². The Morgan fingerprint density at radius 3 is 2.14 bits per heavy atom. The van der Waals surface area contributed by atoms with Gasteiger partial charge in [-0.1, -0.05) is 39.7 Å². The lowest BCUT2D eigenvalue weighted by Crippen LogP contribution is -2.07. The lowest BCUT2D eigenvalue weighted by Gasteiger charge is -2.20. The van der Waals surface area contributed by atoms with E-state index in [9.17, 15) is 0 Å². The summed E-state index contributed by atoms with van der Waals surface area (Å²) in [4.78, 5) is 0. The topological polar surface area (TPSA) is 0 Å². The van der Waals surface area contributed by atoms with E-state index in [1.807, 2.05) is 0 Å². The Kier molecular flexibility index (Phi) is 4.48. The summed E-state index contributed by atoms with van der Waals surface area (Å²) in [6, 6.07) is 0. The third kappa shape index (κ3) is 2.02. The second-order valence-corrected chi connectivity index (χ2v) is 5.71. The van der Waals surface area contributed by atoms with Gasteiger partial charge < -0.3 is 0 Å². The van der Waals surface area contributed by atoms with Crippen molar-refractivity contribution >= 4 is 22.6 Å². The Labute approximate surface area is 103 Å². The van der Waals surface area contributed by atoms with Gasteiger partial charge in [-0.3, -0.25) is 0 Å². The molecule has 1 rings (SSSR count). The number of hydrogen-bond donors (Lipinski definition) is 0.